The summed E-state index contributed by atoms with van der Waals surface area (Å²) in [6.07, 6.45) is 0. The molecule has 11 heteroatoms. The van der Waals surface area contributed by atoms with E-state index in [0.29, 0.717) is 37.3 Å². The number of carbonyl (C=O) groups excluding carboxylic acids is 1. The molecule has 26 heavy (non-hydrogen) atoms. The number of benzene rings is 1. The van der Waals surface area contributed by atoms with Crippen LogP contribution < -0.4 is 5.32 Å². The third-order valence-electron chi connectivity index (χ3n) is 4.29. The normalized spacial score (nSPS) is 14.8. The Labute approximate surface area is 159 Å². The van der Waals surface area contributed by atoms with Crippen molar-refractivity contribution >= 4 is 34.0 Å². The van der Waals surface area contributed by atoms with Gasteiger partial charge >= 0.3 is 0 Å². The predicted octanol–water partition coefficient (Wildman–Crippen LogP) is 0.686. The van der Waals surface area contributed by atoms with Gasteiger partial charge in [-0.25, -0.2) is 8.42 Å². The molecule has 0 atom stereocenters. The molecule has 1 aliphatic heterocycles. The molecule has 146 valence electrons. The first kappa shape index (κ1) is 22.3. The van der Waals surface area contributed by atoms with Crippen molar-refractivity contribution in [2.75, 3.05) is 39.8 Å². The van der Waals surface area contributed by atoms with Gasteiger partial charge in [0.1, 0.15) is 0 Å². The standard InChI is InChI=1S/C15H22N4O5S.ClH/c1-11-8-13(19(21)22)14(9-12(11)2)25(23,24)17(3)10-15(20)18-6-4-16-5-7-18;/h8-9,16H,4-7,10H2,1-3H3;1H. The van der Waals surface area contributed by atoms with Crippen LogP contribution in [0.2, 0.25) is 0 Å². The first-order chi connectivity index (χ1) is 11.6. The smallest absolute Gasteiger partial charge is 0.289 e. The Hall–Kier alpha value is -1.75. The van der Waals surface area contributed by atoms with Crippen molar-refractivity contribution in [1.29, 1.82) is 0 Å². The van der Waals surface area contributed by atoms with Gasteiger partial charge in [0.05, 0.1) is 11.5 Å². The van der Waals surface area contributed by atoms with E-state index in [4.69, 9.17) is 0 Å². The minimum absolute atomic E-state index is 0. The van der Waals surface area contributed by atoms with Gasteiger partial charge in [-0.05, 0) is 31.0 Å². The molecule has 0 radical (unpaired) electrons. The average molecular weight is 407 g/mol. The number of piperazine rings is 1. The predicted molar refractivity (Wildman–Crippen MR) is 99.1 cm³/mol. The Morgan fingerprint density at radius 2 is 1.81 bits per heavy atom. The lowest BCUT2D eigenvalue weighted by atomic mass is 10.1. The fraction of sp³-hybridized carbons (Fsp3) is 0.533. The van der Waals surface area contributed by atoms with Crippen molar-refractivity contribution in [1.82, 2.24) is 14.5 Å². The van der Waals surface area contributed by atoms with E-state index in [9.17, 15) is 23.3 Å². The second-order valence-electron chi connectivity index (χ2n) is 6.05. The van der Waals surface area contributed by atoms with Crippen LogP contribution in [0, 0.1) is 24.0 Å². The molecule has 9 nitrogen and oxygen atoms in total. The molecule has 0 aliphatic carbocycles. The molecule has 0 aromatic heterocycles. The minimum atomic E-state index is -4.16. The lowest BCUT2D eigenvalue weighted by molar-refractivity contribution is -0.387. The van der Waals surface area contributed by atoms with Gasteiger partial charge in [-0.15, -0.1) is 12.4 Å². The van der Waals surface area contributed by atoms with Crippen molar-refractivity contribution in [2.45, 2.75) is 18.7 Å². The molecular weight excluding hydrogens is 384 g/mol. The number of halogens is 1. The number of nitro benzene ring substituents is 1. The lowest BCUT2D eigenvalue weighted by Crippen LogP contribution is -2.49. The molecule has 1 fully saturated rings. The van der Waals surface area contributed by atoms with Crippen LogP contribution in [0.3, 0.4) is 0 Å². The summed E-state index contributed by atoms with van der Waals surface area (Å²) in [5.74, 6) is -0.320. The highest BCUT2D eigenvalue weighted by atomic mass is 35.5. The highest BCUT2D eigenvalue weighted by Gasteiger charge is 2.32. The maximum absolute atomic E-state index is 12.8. The molecule has 0 saturated carbocycles. The summed E-state index contributed by atoms with van der Waals surface area (Å²) in [7, 11) is -2.90. The number of hydrogen-bond acceptors (Lipinski definition) is 6. The van der Waals surface area contributed by atoms with Gasteiger partial charge < -0.3 is 10.2 Å². The van der Waals surface area contributed by atoms with Crippen molar-refractivity contribution in [3.63, 3.8) is 0 Å². The first-order valence-electron chi connectivity index (χ1n) is 7.85. The quantitative estimate of drug-likeness (QED) is 0.568. The number of rotatable bonds is 5. The Balaban J connectivity index is 0.00000338. The zero-order valence-electron chi connectivity index (χ0n) is 14.9. The van der Waals surface area contributed by atoms with Gasteiger partial charge in [0.25, 0.3) is 5.69 Å². The van der Waals surface area contributed by atoms with E-state index >= 15 is 0 Å². The third-order valence-corrected chi connectivity index (χ3v) is 6.12. The molecule has 1 amide bonds. The van der Waals surface area contributed by atoms with Gasteiger partial charge in [-0.1, -0.05) is 0 Å². The number of nitrogens with one attached hydrogen (secondary N) is 1. The van der Waals surface area contributed by atoms with Gasteiger partial charge in [0.15, 0.2) is 4.90 Å². The van der Waals surface area contributed by atoms with E-state index in [1.807, 2.05) is 0 Å². The highest BCUT2D eigenvalue weighted by Crippen LogP contribution is 2.29. The second kappa shape index (κ2) is 8.76. The van der Waals surface area contributed by atoms with Crippen LogP contribution in [-0.4, -0.2) is 68.2 Å². The third kappa shape index (κ3) is 4.70. The summed E-state index contributed by atoms with van der Waals surface area (Å²) in [6.45, 7) is 5.34. The Kier molecular flexibility index (Phi) is 7.51. The summed E-state index contributed by atoms with van der Waals surface area (Å²) in [5, 5.41) is 14.4. The zero-order chi connectivity index (χ0) is 18.8. The van der Waals surface area contributed by atoms with Crippen LogP contribution in [0.25, 0.3) is 0 Å². The average Bonchev–Trinajstić information content (AvgIpc) is 2.57. The topological polar surface area (TPSA) is 113 Å². The molecule has 1 aliphatic rings. The minimum Gasteiger partial charge on any atom is -0.339 e. The molecule has 0 spiro atoms. The largest absolute Gasteiger partial charge is 0.339 e. The lowest BCUT2D eigenvalue weighted by Gasteiger charge is -2.29. The van der Waals surface area contributed by atoms with Gasteiger partial charge in [0.2, 0.25) is 15.9 Å². The number of likely N-dealkylation sites (N-methyl/N-ethyl adjacent to an activating group) is 1. The fourth-order valence-corrected chi connectivity index (χ4v) is 3.92. The molecule has 2 rings (SSSR count). The summed E-state index contributed by atoms with van der Waals surface area (Å²) in [6, 6.07) is 2.53. The van der Waals surface area contributed by atoms with Crippen LogP contribution in [0.15, 0.2) is 17.0 Å². The van der Waals surface area contributed by atoms with E-state index in [-0.39, 0.29) is 24.9 Å². The van der Waals surface area contributed by atoms with Crippen molar-refractivity contribution in [3.8, 4) is 0 Å². The van der Waals surface area contributed by atoms with Gasteiger partial charge in [-0.2, -0.15) is 4.31 Å². The fourth-order valence-electron chi connectivity index (χ4n) is 2.58. The van der Waals surface area contributed by atoms with E-state index in [1.165, 1.54) is 19.2 Å². The maximum atomic E-state index is 12.8. The molecule has 1 heterocycles. The van der Waals surface area contributed by atoms with Crippen LogP contribution in [0.5, 0.6) is 0 Å². The van der Waals surface area contributed by atoms with E-state index in [0.717, 1.165) is 4.31 Å². The van der Waals surface area contributed by atoms with Crippen LogP contribution >= 0.6 is 12.4 Å². The Morgan fingerprint density at radius 3 is 2.35 bits per heavy atom. The van der Waals surface area contributed by atoms with E-state index in [2.05, 4.69) is 5.32 Å². The number of sulfonamides is 1. The number of amides is 1. The van der Waals surface area contributed by atoms with E-state index < -0.39 is 25.5 Å². The Bertz CT molecular complexity index is 793. The second-order valence-corrected chi connectivity index (χ2v) is 8.07. The monoisotopic (exact) mass is 406 g/mol. The van der Waals surface area contributed by atoms with E-state index in [1.54, 1.807) is 18.7 Å². The van der Waals surface area contributed by atoms with Crippen molar-refractivity contribution in [2.24, 2.45) is 0 Å². The number of carbonyl (C=O) groups is 1. The summed E-state index contributed by atoms with van der Waals surface area (Å²) in [5.41, 5.74) is 0.778. The Morgan fingerprint density at radius 1 is 1.27 bits per heavy atom. The molecular formula is C15H23ClN4O5S. The first-order valence-corrected chi connectivity index (χ1v) is 9.29. The SMILES string of the molecule is Cc1cc([N+](=O)[O-])c(S(=O)(=O)N(C)CC(=O)N2CCNCC2)cc1C.Cl. The number of nitro groups is 1. The highest BCUT2D eigenvalue weighted by molar-refractivity contribution is 7.89. The molecule has 0 bridgehead atoms. The van der Waals surface area contributed by atoms with Crippen LogP contribution in [0.4, 0.5) is 5.69 Å². The van der Waals surface area contributed by atoms with Crippen LogP contribution in [-0.2, 0) is 14.8 Å². The summed E-state index contributed by atoms with van der Waals surface area (Å²) < 4.78 is 26.4. The van der Waals surface area contributed by atoms with Crippen LogP contribution in [0.1, 0.15) is 11.1 Å². The molecule has 1 aromatic rings. The number of nitrogens with zero attached hydrogens (tertiary/aromatic N) is 3. The van der Waals surface area contributed by atoms with Gasteiger partial charge in [0, 0.05) is 39.3 Å². The molecule has 0 unspecified atom stereocenters. The molecule has 1 N–H and O–H groups in total. The molecule has 1 saturated heterocycles. The van der Waals surface area contributed by atoms with Crippen molar-refractivity contribution in [3.05, 3.63) is 33.4 Å². The maximum Gasteiger partial charge on any atom is 0.289 e. The summed E-state index contributed by atoms with van der Waals surface area (Å²) in [4.78, 5) is 24.0. The number of aryl methyl sites for hydroxylation is 2. The summed E-state index contributed by atoms with van der Waals surface area (Å²) >= 11 is 0. The number of hydrogen-bond donors (Lipinski definition) is 1. The van der Waals surface area contributed by atoms with Gasteiger partial charge in [-0.3, -0.25) is 14.9 Å². The van der Waals surface area contributed by atoms with Crippen molar-refractivity contribution < 1.29 is 18.1 Å². The zero-order valence-corrected chi connectivity index (χ0v) is 16.5. The molecule has 1 aromatic carbocycles.